The fourth-order valence-electron chi connectivity index (χ4n) is 2.47. The van der Waals surface area contributed by atoms with Crippen molar-refractivity contribution >= 4 is 28.6 Å². The number of anilines is 1. The third kappa shape index (κ3) is 3.59. The Kier molecular flexibility index (Phi) is 5.03. The molecule has 0 aliphatic heterocycles. The first-order valence-corrected chi connectivity index (χ1v) is 7.84. The van der Waals surface area contributed by atoms with E-state index in [0.29, 0.717) is 33.7 Å². The van der Waals surface area contributed by atoms with Crippen molar-refractivity contribution in [1.82, 2.24) is 0 Å². The zero-order valence-corrected chi connectivity index (χ0v) is 14.3. The number of nitrogens with one attached hydrogen (secondary N) is 1. The summed E-state index contributed by atoms with van der Waals surface area (Å²) in [4.78, 5) is 24.5. The maximum atomic E-state index is 12.4. The summed E-state index contributed by atoms with van der Waals surface area (Å²) in [5.74, 6) is 0.684. The van der Waals surface area contributed by atoms with E-state index in [4.69, 9.17) is 13.9 Å². The molecule has 0 fully saturated rings. The van der Waals surface area contributed by atoms with Crippen LogP contribution in [0, 0.1) is 0 Å². The number of rotatable bonds is 5. The second-order valence-electron chi connectivity index (χ2n) is 5.41. The van der Waals surface area contributed by atoms with Crippen molar-refractivity contribution in [2.24, 2.45) is 0 Å². The third-order valence-corrected chi connectivity index (χ3v) is 3.77. The van der Waals surface area contributed by atoms with Gasteiger partial charge in [0.2, 0.25) is 5.91 Å². The average Bonchev–Trinajstić information content (AvgIpc) is 2.67. The number of ether oxygens (including phenoxy) is 2. The summed E-state index contributed by atoms with van der Waals surface area (Å²) in [5.41, 5.74) is 1.15. The molecule has 0 atom stereocenters. The Morgan fingerprint density at radius 3 is 2.62 bits per heavy atom. The van der Waals surface area contributed by atoms with Crippen LogP contribution in [0.4, 0.5) is 5.69 Å². The third-order valence-electron chi connectivity index (χ3n) is 3.77. The zero-order valence-electron chi connectivity index (χ0n) is 14.3. The second-order valence-corrected chi connectivity index (χ2v) is 5.41. The number of methoxy groups -OCH3 is 2. The van der Waals surface area contributed by atoms with E-state index in [2.05, 4.69) is 5.32 Å². The molecule has 0 radical (unpaired) electrons. The molecule has 0 aliphatic carbocycles. The van der Waals surface area contributed by atoms with Crippen LogP contribution in [0.1, 0.15) is 5.56 Å². The molecule has 0 spiro atoms. The number of amides is 1. The van der Waals surface area contributed by atoms with Crippen LogP contribution in [0.15, 0.2) is 64.0 Å². The number of fused-ring (bicyclic) bond motifs is 1. The highest BCUT2D eigenvalue weighted by Crippen LogP contribution is 2.29. The molecule has 6 nitrogen and oxygen atoms in total. The van der Waals surface area contributed by atoms with Crippen LogP contribution in [-0.4, -0.2) is 20.1 Å². The average molecular weight is 351 g/mol. The van der Waals surface area contributed by atoms with Gasteiger partial charge in [-0.15, -0.1) is 0 Å². The molecule has 2 aromatic carbocycles. The van der Waals surface area contributed by atoms with Crippen molar-refractivity contribution in [3.8, 4) is 11.5 Å². The van der Waals surface area contributed by atoms with E-state index in [1.54, 1.807) is 42.5 Å². The number of carbonyl (C=O) groups excluding carboxylic acids is 1. The predicted molar refractivity (Wildman–Crippen MR) is 99.7 cm³/mol. The monoisotopic (exact) mass is 351 g/mol. The molecular weight excluding hydrogens is 334 g/mol. The normalized spacial score (nSPS) is 10.8. The highest BCUT2D eigenvalue weighted by molar-refractivity contribution is 6.02. The smallest absolute Gasteiger partial charge is 0.248 e. The molecule has 0 saturated heterocycles. The van der Waals surface area contributed by atoms with E-state index < -0.39 is 0 Å². The van der Waals surface area contributed by atoms with Gasteiger partial charge in [0.25, 0.3) is 0 Å². The Balaban J connectivity index is 1.78. The van der Waals surface area contributed by atoms with Gasteiger partial charge in [-0.05, 0) is 30.3 Å². The maximum absolute atomic E-state index is 12.4. The first kappa shape index (κ1) is 17.3. The Bertz CT molecular complexity index is 1040. The number of para-hydroxylation sites is 1. The van der Waals surface area contributed by atoms with E-state index in [-0.39, 0.29) is 11.3 Å². The van der Waals surface area contributed by atoms with Crippen molar-refractivity contribution in [2.75, 3.05) is 19.5 Å². The predicted octanol–water partition coefficient (Wildman–Crippen LogP) is 3.46. The molecule has 0 unspecified atom stereocenters. The van der Waals surface area contributed by atoms with Gasteiger partial charge >= 0.3 is 0 Å². The van der Waals surface area contributed by atoms with Crippen molar-refractivity contribution in [3.05, 3.63) is 70.6 Å². The fraction of sp³-hybridized carbons (Fsp3) is 0.100. The van der Waals surface area contributed by atoms with Gasteiger partial charge in [-0.2, -0.15) is 0 Å². The molecule has 6 heteroatoms. The number of hydrogen-bond acceptors (Lipinski definition) is 5. The molecule has 3 rings (SSSR count). The summed E-state index contributed by atoms with van der Waals surface area (Å²) in [6, 6.07) is 12.0. The summed E-state index contributed by atoms with van der Waals surface area (Å²) in [5, 5.41) is 3.17. The summed E-state index contributed by atoms with van der Waals surface area (Å²) in [7, 11) is 3.05. The molecule has 1 amide bonds. The molecule has 0 bridgehead atoms. The second kappa shape index (κ2) is 7.57. The first-order valence-electron chi connectivity index (χ1n) is 7.84. The molecule has 0 aliphatic rings. The fourth-order valence-corrected chi connectivity index (χ4v) is 2.47. The van der Waals surface area contributed by atoms with Gasteiger partial charge in [0.15, 0.2) is 16.9 Å². The van der Waals surface area contributed by atoms with Crippen molar-refractivity contribution < 1.29 is 18.7 Å². The van der Waals surface area contributed by atoms with E-state index in [1.807, 2.05) is 0 Å². The molecule has 132 valence electrons. The molecule has 1 heterocycles. The van der Waals surface area contributed by atoms with Crippen LogP contribution < -0.4 is 20.2 Å². The molecule has 1 N–H and O–H groups in total. The lowest BCUT2D eigenvalue weighted by Crippen LogP contribution is -2.09. The Labute approximate surface area is 149 Å². The molecule has 26 heavy (non-hydrogen) atoms. The van der Waals surface area contributed by atoms with Crippen LogP contribution in [0.2, 0.25) is 0 Å². The van der Waals surface area contributed by atoms with Gasteiger partial charge in [0, 0.05) is 17.8 Å². The van der Waals surface area contributed by atoms with Gasteiger partial charge in [0.1, 0.15) is 11.8 Å². The van der Waals surface area contributed by atoms with Crippen LogP contribution in [0.5, 0.6) is 11.5 Å². The lowest BCUT2D eigenvalue weighted by Gasteiger charge is -2.09. The Morgan fingerprint density at radius 2 is 1.85 bits per heavy atom. The molecular formula is C20H17NO5. The van der Waals surface area contributed by atoms with E-state index in [9.17, 15) is 9.59 Å². The van der Waals surface area contributed by atoms with Gasteiger partial charge in [-0.1, -0.05) is 12.1 Å². The van der Waals surface area contributed by atoms with E-state index in [1.165, 1.54) is 32.6 Å². The number of hydrogen-bond donors (Lipinski definition) is 1. The van der Waals surface area contributed by atoms with Crippen LogP contribution in [-0.2, 0) is 4.79 Å². The van der Waals surface area contributed by atoms with Crippen molar-refractivity contribution in [3.63, 3.8) is 0 Å². The zero-order chi connectivity index (χ0) is 18.5. The maximum Gasteiger partial charge on any atom is 0.248 e. The summed E-state index contributed by atoms with van der Waals surface area (Å²) >= 11 is 0. The van der Waals surface area contributed by atoms with Gasteiger partial charge in [0.05, 0.1) is 25.2 Å². The lowest BCUT2D eigenvalue weighted by atomic mass is 10.1. The van der Waals surface area contributed by atoms with Gasteiger partial charge < -0.3 is 19.2 Å². The topological polar surface area (TPSA) is 77.8 Å². The standard InChI is InChI=1S/C20H17NO5/c1-24-17-9-8-14(11-18(17)25-2)21-19(22)10-7-13-12-26-16-6-4-3-5-15(16)20(13)23/h3-12H,1-2H3,(H,21,22)/b10-7+. The van der Waals surface area contributed by atoms with Gasteiger partial charge in [-0.25, -0.2) is 0 Å². The van der Waals surface area contributed by atoms with Crippen LogP contribution >= 0.6 is 0 Å². The lowest BCUT2D eigenvalue weighted by molar-refractivity contribution is -0.111. The Morgan fingerprint density at radius 1 is 1.08 bits per heavy atom. The van der Waals surface area contributed by atoms with Crippen molar-refractivity contribution in [1.29, 1.82) is 0 Å². The number of benzene rings is 2. The largest absolute Gasteiger partial charge is 0.493 e. The summed E-state index contributed by atoms with van der Waals surface area (Å²) < 4.78 is 15.8. The quantitative estimate of drug-likeness (QED) is 0.712. The summed E-state index contributed by atoms with van der Waals surface area (Å²) in [6.45, 7) is 0. The SMILES string of the molecule is COc1ccc(NC(=O)/C=C/c2coc3ccccc3c2=O)cc1OC. The van der Waals surface area contributed by atoms with Crippen LogP contribution in [0.25, 0.3) is 17.0 Å². The van der Waals surface area contributed by atoms with Gasteiger partial charge in [-0.3, -0.25) is 9.59 Å². The summed E-state index contributed by atoms with van der Waals surface area (Å²) in [6.07, 6.45) is 4.04. The number of carbonyl (C=O) groups is 1. The minimum absolute atomic E-state index is 0.193. The first-order chi connectivity index (χ1) is 12.6. The van der Waals surface area contributed by atoms with Crippen LogP contribution in [0.3, 0.4) is 0 Å². The van der Waals surface area contributed by atoms with E-state index >= 15 is 0 Å². The highest BCUT2D eigenvalue weighted by Gasteiger charge is 2.07. The Hall–Kier alpha value is -3.54. The molecule has 3 aromatic rings. The minimum Gasteiger partial charge on any atom is -0.493 e. The molecule has 1 aromatic heterocycles. The van der Waals surface area contributed by atoms with E-state index in [0.717, 1.165) is 0 Å². The molecule has 0 saturated carbocycles. The minimum atomic E-state index is -0.384. The van der Waals surface area contributed by atoms with Crippen molar-refractivity contribution in [2.45, 2.75) is 0 Å². The highest BCUT2D eigenvalue weighted by atomic mass is 16.5.